The standard InChI is InChI=1S/C28H36F3N3O6.C18H20BF3N2O4.C17H18BF3N2O4.C17H17F3N2O3.C11H7ClF3N.C6H12BNO4.ClH/c1-15-9-10-18-17(11-15)20(13-21(32-18)28(29,30)31)39-16-12-19(24(36)38-8)34(14-16)23(35)22(26(2,3)4)33-25(37)40-27(5,6)7;1-10-4-5-13-12(6-10)15(8-16(23-13)18(20,21)22)28-11-7-14(17(25)27-3)24(9-11)19(2)26;1-9-3-4-12-11(5-9)14(7-15(22-12)17(19,20)21)27-10-6-13(16(24)25)23(8-10)18(2)26;1-9-3-4-12-11(5-9)14(7-15(22-12)17(18,19)20)25-10-6-13(21-8-10)16(23)24-2;1-6-2-3-9-7(4-6)8(12)5-10(16-9)11(13,14)15;1-7(12)8-3-4(9)2-5(8)6(10)11;/h9-11,13,16,19,22H,12,14H2,1-8H3,(H,33,37);4-6,8,11,14,26H,7,9H2,1-3H3;3-5,7,10,13,26H,6,8H2,1-2H3,(H,24,25);3-5,7,10,13,21H,6,8H2,1-2H3;2-5H,1H3;4-5,9,12H,2-3H2,1H3,(H,10,11);1H/t16-,19+,22-;11-,14+;2*10-,13+;;4-,5+;/m1111.1./s1. The zero-order chi connectivity index (χ0) is 110. The van der Waals surface area contributed by atoms with E-state index in [1.54, 1.807) is 116 Å². The number of carbonyl (C=O) groups is 7. The number of esters is 3. The lowest BCUT2D eigenvalue weighted by Gasteiger charge is -2.35. The molecular weight excluding hydrogens is 2040 g/mol. The molecule has 10 heterocycles. The van der Waals surface area contributed by atoms with Gasteiger partial charge in [0.15, 0.2) is 0 Å². The van der Waals surface area contributed by atoms with Crippen LogP contribution >= 0.6 is 24.0 Å². The van der Waals surface area contributed by atoms with Crippen LogP contribution < -0.4 is 29.6 Å². The average molecular weight is 2160 g/mol. The van der Waals surface area contributed by atoms with Crippen molar-refractivity contribution < 1.29 is 168 Å². The fourth-order valence-corrected chi connectivity index (χ4v) is 17.2. The number of aliphatic hydroxyl groups is 1. The van der Waals surface area contributed by atoms with Crippen LogP contribution in [0, 0.1) is 40.0 Å². The molecule has 10 aromatic rings. The van der Waals surface area contributed by atoms with E-state index in [2.05, 4.69) is 40.3 Å². The van der Waals surface area contributed by atoms with Gasteiger partial charge in [-0.3, -0.25) is 24.0 Å². The number of carbonyl (C=O) groups excluding carboxylic acids is 5. The molecule has 5 aliphatic heterocycles. The van der Waals surface area contributed by atoms with Crippen LogP contribution in [0.4, 0.5) is 70.7 Å². The molecule has 0 unspecified atom stereocenters. The number of likely N-dealkylation sites (tertiary alicyclic amines) is 1. The number of aryl methyl sites for hydroxylation is 5. The predicted molar refractivity (Wildman–Crippen MR) is 521 cm³/mol. The first-order valence-corrected chi connectivity index (χ1v) is 46.5. The molecule has 5 aromatic carbocycles. The van der Waals surface area contributed by atoms with Gasteiger partial charge in [0.2, 0.25) is 5.91 Å². The van der Waals surface area contributed by atoms with Gasteiger partial charge in [0.05, 0.1) is 66.6 Å². The summed E-state index contributed by atoms with van der Waals surface area (Å²) >= 11 is 5.80. The van der Waals surface area contributed by atoms with E-state index in [1.165, 1.54) is 91.5 Å². The van der Waals surface area contributed by atoms with Crippen LogP contribution in [0.3, 0.4) is 0 Å². The van der Waals surface area contributed by atoms with Crippen molar-refractivity contribution in [3.63, 3.8) is 0 Å². The van der Waals surface area contributed by atoms with Gasteiger partial charge in [-0.1, -0.05) is 90.5 Å². The molecule has 5 aliphatic rings. The van der Waals surface area contributed by atoms with Crippen molar-refractivity contribution in [2.45, 2.75) is 232 Å². The molecule has 15 rings (SSSR count). The molecule has 0 saturated carbocycles. The number of carboxylic acid groups (broad SMARTS) is 2. The highest BCUT2D eigenvalue weighted by Gasteiger charge is 2.50. The smallest absolute Gasteiger partial charge is 0.433 e. The molecule has 5 fully saturated rings. The molecule has 32 nitrogen and oxygen atoms in total. The number of aliphatic carboxylic acids is 2. The number of nitrogens with zero attached hydrogens (tertiary/aromatic N) is 9. The minimum Gasteiger partial charge on any atom is -0.488 e. The molecule has 2 amide bonds. The molecule has 0 radical (unpaired) electrons. The summed E-state index contributed by atoms with van der Waals surface area (Å²) in [6, 6.07) is 23.6. The van der Waals surface area contributed by atoms with Gasteiger partial charge in [0.1, 0.15) is 118 Å². The number of methoxy groups -OCH3 is 3. The highest BCUT2D eigenvalue weighted by Crippen LogP contribution is 2.44. The van der Waals surface area contributed by atoms with Gasteiger partial charge in [-0.15, -0.1) is 12.4 Å². The number of benzene rings is 5. The van der Waals surface area contributed by atoms with Crippen molar-refractivity contribution in [2.75, 3.05) is 54.1 Å². The Morgan fingerprint density at radius 3 is 1.02 bits per heavy atom. The second kappa shape index (κ2) is 48.9. The number of halogens is 17. The number of alkyl halides is 15. The van der Waals surface area contributed by atoms with Crippen molar-refractivity contribution in [3.8, 4) is 23.0 Å². The number of alkyl carbamates (subject to hydrolysis) is 1. The van der Waals surface area contributed by atoms with Crippen molar-refractivity contribution in [1.82, 2.24) is 54.9 Å². The Hall–Kier alpha value is -12.2. The summed E-state index contributed by atoms with van der Waals surface area (Å²) in [5, 5.41) is 63.9. The normalized spacial score (nSPS) is 19.9. The van der Waals surface area contributed by atoms with Crippen molar-refractivity contribution in [1.29, 1.82) is 0 Å². The molecule has 5 aromatic heterocycles. The fourth-order valence-electron chi connectivity index (χ4n) is 17.0. The third-order valence-corrected chi connectivity index (χ3v) is 24.3. The molecule has 5 saturated heterocycles. The third-order valence-electron chi connectivity index (χ3n) is 24.0. The van der Waals surface area contributed by atoms with Crippen LogP contribution in [-0.2, 0) is 78.6 Å². The van der Waals surface area contributed by atoms with Gasteiger partial charge in [0, 0.05) is 103 Å². The monoisotopic (exact) mass is 2150 g/mol. The quantitative estimate of drug-likeness (QED) is 0.0171. The maximum atomic E-state index is 13.8. The fraction of sp³-hybridized carbons (Fsp3) is 0.464. The number of carboxylic acids is 2. The first kappa shape index (κ1) is 120. The number of aliphatic hydroxyl groups excluding tert-OH is 1. The minimum absolute atomic E-state index is 0. The van der Waals surface area contributed by atoms with Crippen LogP contribution in [0.5, 0.6) is 23.0 Å². The van der Waals surface area contributed by atoms with E-state index < -0.39 is 200 Å². The van der Waals surface area contributed by atoms with E-state index in [9.17, 15) is 115 Å². The molecule has 808 valence electrons. The predicted octanol–water partition coefficient (Wildman–Crippen LogP) is 16.4. The molecule has 149 heavy (non-hydrogen) atoms. The van der Waals surface area contributed by atoms with Crippen LogP contribution in [0.1, 0.15) is 130 Å². The summed E-state index contributed by atoms with van der Waals surface area (Å²) < 4.78 is 240. The Balaban J connectivity index is 0.000000205. The largest absolute Gasteiger partial charge is 0.488 e. The lowest BCUT2D eigenvalue weighted by molar-refractivity contribution is -0.152. The maximum Gasteiger partial charge on any atom is 0.433 e. The SMILES string of the molecule is CB(O)N1C[C@H](O)C[C@H]1C(=O)O.CB(O)N1C[C@H](Oc2cc(C(F)(F)F)nc3ccc(C)cc23)C[C@H]1C(=O)O.COC(=O)[C@@H]1C[C@@H](Oc2cc(C(F)(F)F)nc3ccc(C)cc23)CN1.COC(=O)[C@@H]1C[C@@H](Oc2cc(C(F)(F)F)nc3ccc(C)cc23)CN1B(C)O.COC(=O)[C@@H]1C[C@@H](Oc2cc(C(F)(F)F)nc3ccc(C)cc23)CN1C(=O)[C@@H](NC(=O)OC(C)(C)C)C(C)(C)C.Cc1ccc2nc(C(F)(F)F)cc(Cl)c2c1.Cl. The van der Waals surface area contributed by atoms with Crippen LogP contribution in [0.25, 0.3) is 54.5 Å². The van der Waals surface area contributed by atoms with Gasteiger partial charge >= 0.3 is 88.0 Å². The summed E-state index contributed by atoms with van der Waals surface area (Å²) in [6.45, 7) is 24.5. The maximum absolute atomic E-state index is 13.8. The number of hydrogen-bond acceptors (Lipinski definition) is 28. The Morgan fingerprint density at radius 2 is 0.705 bits per heavy atom. The zero-order valence-corrected chi connectivity index (χ0v) is 85.1. The van der Waals surface area contributed by atoms with Crippen LogP contribution in [0.15, 0.2) is 121 Å². The van der Waals surface area contributed by atoms with Gasteiger partial charge < -0.3 is 98.3 Å². The van der Waals surface area contributed by atoms with Crippen molar-refractivity contribution in [3.05, 3.63) is 183 Å². The van der Waals surface area contributed by atoms with Crippen molar-refractivity contribution >= 4 is 142 Å². The minimum atomic E-state index is -4.71. The lowest BCUT2D eigenvalue weighted by Crippen LogP contribution is -2.57. The summed E-state index contributed by atoms with van der Waals surface area (Å²) in [7, 11) is 0.942. The Kier molecular flexibility index (Phi) is 39.5. The zero-order valence-electron chi connectivity index (χ0n) is 83.5. The summed E-state index contributed by atoms with van der Waals surface area (Å²) in [6.07, 6.45) is -26.3. The molecule has 8 N–H and O–H groups in total. The second-order valence-electron chi connectivity index (χ2n) is 38.1. The first-order valence-electron chi connectivity index (χ1n) is 46.1. The summed E-state index contributed by atoms with van der Waals surface area (Å²) in [5.74, 6) is -4.26. The molecule has 11 atom stereocenters. The van der Waals surface area contributed by atoms with Crippen molar-refractivity contribution in [2.24, 2.45) is 5.41 Å². The van der Waals surface area contributed by atoms with Crippen LogP contribution in [-0.4, -0.2) is 264 Å². The van der Waals surface area contributed by atoms with E-state index in [0.29, 0.717) is 39.9 Å². The third kappa shape index (κ3) is 31.8. The topological polar surface area (TPSA) is 416 Å². The number of β-amino-alcohol motifs (C(OH)–C–C–N with tert-alkyl or cyclic N) is 1. The number of rotatable bonds is 18. The number of nitrogens with one attached hydrogen (secondary N) is 2. The van der Waals surface area contributed by atoms with E-state index >= 15 is 0 Å². The second-order valence-corrected chi connectivity index (χ2v) is 38.5. The number of amides is 2. The average Bonchev–Trinajstić information content (AvgIpc) is 1.60. The lowest BCUT2D eigenvalue weighted by atomic mass is 9.84. The molecule has 0 spiro atoms. The highest BCUT2D eigenvalue weighted by molar-refractivity contribution is 6.46. The number of fused-ring (bicyclic) bond motifs is 5. The van der Waals surface area contributed by atoms with E-state index in [1.807, 2.05) is 20.8 Å². The molecule has 0 bridgehead atoms. The van der Waals surface area contributed by atoms with Gasteiger partial charge in [-0.05, 0) is 154 Å². The first-order chi connectivity index (χ1) is 68.6. The van der Waals surface area contributed by atoms with Gasteiger partial charge in [-0.25, -0.2) is 34.5 Å². The number of ether oxygens (including phenoxy) is 8. The number of pyridine rings is 5. The molecule has 52 heteroatoms. The summed E-state index contributed by atoms with van der Waals surface area (Å²) in [4.78, 5) is 108. The van der Waals surface area contributed by atoms with Gasteiger partial charge in [0.25, 0.3) is 0 Å². The Morgan fingerprint density at radius 1 is 0.409 bits per heavy atom. The van der Waals surface area contributed by atoms with E-state index in [4.69, 9.17) is 60.0 Å². The van der Waals surface area contributed by atoms with E-state index in [0.717, 1.165) is 58.1 Å². The van der Waals surface area contributed by atoms with Gasteiger partial charge in [-0.2, -0.15) is 65.9 Å². The number of hydrogen-bond donors (Lipinski definition) is 8. The summed E-state index contributed by atoms with van der Waals surface area (Å²) in [5.41, 5.74) is -1.64. The highest BCUT2D eigenvalue weighted by atomic mass is 35.5. The molecular formula is C97H111B3Cl2F15N11O21. The Labute approximate surface area is 857 Å². The van der Waals surface area contributed by atoms with Crippen LogP contribution in [0.2, 0.25) is 25.5 Å². The molecule has 0 aliphatic carbocycles. The Bertz CT molecular complexity index is 6490. The van der Waals surface area contributed by atoms with E-state index in [-0.39, 0.29) is 120 Å². The number of aromatic nitrogens is 5.